The van der Waals surface area contributed by atoms with Crippen LogP contribution in [0, 0.1) is 13.8 Å². The van der Waals surface area contributed by atoms with Crippen LogP contribution in [0.3, 0.4) is 0 Å². The number of anilines is 4. The molecule has 8 nitrogen and oxygen atoms in total. The summed E-state index contributed by atoms with van der Waals surface area (Å²) in [5.74, 6) is 1.25. The second-order valence-electron chi connectivity index (χ2n) is 5.63. The molecule has 0 aliphatic carbocycles. The zero-order valence-electron chi connectivity index (χ0n) is 13.8. The van der Waals surface area contributed by atoms with Gasteiger partial charge >= 0.3 is 0 Å². The lowest BCUT2D eigenvalue weighted by atomic mass is 10.2. The number of aryl methyl sites for hydroxylation is 2. The van der Waals surface area contributed by atoms with E-state index in [1.807, 2.05) is 44.2 Å². The fraction of sp³-hybridized carbons (Fsp3) is 0.118. The Morgan fingerprint density at radius 2 is 1.64 bits per heavy atom. The molecule has 0 fully saturated rings. The minimum Gasteiger partial charge on any atom is -0.340 e. The summed E-state index contributed by atoms with van der Waals surface area (Å²) >= 11 is 0. The van der Waals surface area contributed by atoms with E-state index in [4.69, 9.17) is 0 Å². The number of imidazole rings is 1. The van der Waals surface area contributed by atoms with Crippen LogP contribution in [0.5, 0.6) is 0 Å². The van der Waals surface area contributed by atoms with E-state index >= 15 is 0 Å². The number of nitrogens with one attached hydrogen (secondary N) is 3. The van der Waals surface area contributed by atoms with Gasteiger partial charge in [-0.2, -0.15) is 0 Å². The number of hydrogen-bond acceptors (Lipinski definition) is 7. The summed E-state index contributed by atoms with van der Waals surface area (Å²) in [5, 5.41) is 6.51. The highest BCUT2D eigenvalue weighted by molar-refractivity contribution is 5.84. The largest absolute Gasteiger partial charge is 0.340 e. The summed E-state index contributed by atoms with van der Waals surface area (Å²) in [6, 6.07) is 9.76. The number of benzene rings is 1. The van der Waals surface area contributed by atoms with Gasteiger partial charge in [0.2, 0.25) is 5.95 Å². The van der Waals surface area contributed by atoms with E-state index in [0.29, 0.717) is 17.4 Å². The highest BCUT2D eigenvalue weighted by Gasteiger charge is 2.07. The van der Waals surface area contributed by atoms with Crippen LogP contribution in [0.1, 0.15) is 11.4 Å². The first-order valence-corrected chi connectivity index (χ1v) is 7.78. The van der Waals surface area contributed by atoms with Crippen molar-refractivity contribution in [1.82, 2.24) is 29.9 Å². The highest BCUT2D eigenvalue weighted by atomic mass is 15.1. The number of nitrogens with zero attached hydrogens (tertiary/aromatic N) is 5. The van der Waals surface area contributed by atoms with E-state index < -0.39 is 0 Å². The van der Waals surface area contributed by atoms with Crippen molar-refractivity contribution < 1.29 is 0 Å². The number of aromatic amines is 1. The van der Waals surface area contributed by atoms with Gasteiger partial charge in [0.15, 0.2) is 11.5 Å². The fourth-order valence-electron chi connectivity index (χ4n) is 2.58. The molecule has 124 valence electrons. The Labute approximate surface area is 143 Å². The zero-order chi connectivity index (χ0) is 17.2. The predicted molar refractivity (Wildman–Crippen MR) is 96.2 cm³/mol. The molecule has 0 atom stereocenters. The molecule has 25 heavy (non-hydrogen) atoms. The van der Waals surface area contributed by atoms with Gasteiger partial charge in [0.05, 0.1) is 6.33 Å². The van der Waals surface area contributed by atoms with E-state index in [2.05, 4.69) is 40.5 Å². The maximum atomic E-state index is 4.40. The summed E-state index contributed by atoms with van der Waals surface area (Å²) in [7, 11) is 0. The highest BCUT2D eigenvalue weighted by Crippen LogP contribution is 2.23. The van der Waals surface area contributed by atoms with Gasteiger partial charge in [-0.15, -0.1) is 0 Å². The summed E-state index contributed by atoms with van der Waals surface area (Å²) in [6.45, 7) is 3.89. The minimum absolute atomic E-state index is 0.577. The van der Waals surface area contributed by atoms with E-state index in [1.54, 1.807) is 6.33 Å². The Morgan fingerprint density at radius 1 is 0.880 bits per heavy atom. The monoisotopic (exact) mass is 332 g/mol. The van der Waals surface area contributed by atoms with E-state index in [0.717, 1.165) is 28.3 Å². The smallest absolute Gasteiger partial charge is 0.227 e. The number of hydrogen-bond donors (Lipinski definition) is 3. The average Bonchev–Trinajstić information content (AvgIpc) is 3.04. The molecule has 3 heterocycles. The molecule has 0 saturated carbocycles. The van der Waals surface area contributed by atoms with E-state index in [1.165, 1.54) is 6.33 Å². The summed E-state index contributed by atoms with van der Waals surface area (Å²) < 4.78 is 0. The molecule has 8 heteroatoms. The Kier molecular flexibility index (Phi) is 3.70. The van der Waals surface area contributed by atoms with Crippen LogP contribution in [0.15, 0.2) is 43.0 Å². The standard InChI is InChI=1S/C17H16N8/c1-10-6-11(2)23-17(22-10)25-13-5-3-4-12(7-13)24-16-14-15(19-8-18-14)20-9-21-16/h3-9H,1-2H3,(H,22,23,25)(H2,18,19,20,21,24). The molecule has 4 aromatic rings. The Bertz CT molecular complexity index is 1020. The summed E-state index contributed by atoms with van der Waals surface area (Å²) in [4.78, 5) is 24.4. The van der Waals surface area contributed by atoms with Crippen molar-refractivity contribution in [2.75, 3.05) is 10.6 Å². The van der Waals surface area contributed by atoms with Crippen molar-refractivity contribution in [3.05, 3.63) is 54.4 Å². The molecule has 0 unspecified atom stereocenters. The maximum Gasteiger partial charge on any atom is 0.227 e. The third-order valence-electron chi connectivity index (χ3n) is 3.59. The maximum absolute atomic E-state index is 4.40. The van der Waals surface area contributed by atoms with E-state index in [9.17, 15) is 0 Å². The Hall–Kier alpha value is -3.55. The first-order valence-electron chi connectivity index (χ1n) is 7.78. The average molecular weight is 332 g/mol. The quantitative estimate of drug-likeness (QED) is 0.527. The van der Waals surface area contributed by atoms with Gasteiger partial charge in [-0.1, -0.05) is 6.07 Å². The Balaban J connectivity index is 1.60. The van der Waals surface area contributed by atoms with Crippen molar-refractivity contribution in [2.24, 2.45) is 0 Å². The molecular formula is C17H16N8. The lowest BCUT2D eigenvalue weighted by molar-refractivity contribution is 1.06. The van der Waals surface area contributed by atoms with Gasteiger partial charge in [-0.05, 0) is 38.1 Å². The van der Waals surface area contributed by atoms with Crippen LogP contribution in [0.4, 0.5) is 23.1 Å². The number of rotatable bonds is 4. The third-order valence-corrected chi connectivity index (χ3v) is 3.59. The van der Waals surface area contributed by atoms with Crippen molar-refractivity contribution in [3.8, 4) is 0 Å². The molecular weight excluding hydrogens is 316 g/mol. The molecule has 0 amide bonds. The Morgan fingerprint density at radius 3 is 2.44 bits per heavy atom. The van der Waals surface area contributed by atoms with Crippen LogP contribution in [0.2, 0.25) is 0 Å². The van der Waals surface area contributed by atoms with Gasteiger partial charge < -0.3 is 15.6 Å². The molecule has 0 spiro atoms. The molecule has 3 N–H and O–H groups in total. The minimum atomic E-state index is 0.577. The first kappa shape index (κ1) is 15.0. The third kappa shape index (κ3) is 3.23. The van der Waals surface area contributed by atoms with Gasteiger partial charge in [-0.25, -0.2) is 24.9 Å². The van der Waals surface area contributed by atoms with Crippen LogP contribution < -0.4 is 10.6 Å². The lowest BCUT2D eigenvalue weighted by Gasteiger charge is -2.10. The van der Waals surface area contributed by atoms with Crippen molar-refractivity contribution >= 4 is 34.3 Å². The fourth-order valence-corrected chi connectivity index (χ4v) is 2.58. The van der Waals surface area contributed by atoms with Crippen LogP contribution in [-0.4, -0.2) is 29.9 Å². The molecule has 0 aliphatic rings. The zero-order valence-corrected chi connectivity index (χ0v) is 13.8. The van der Waals surface area contributed by atoms with Crippen molar-refractivity contribution in [2.45, 2.75) is 13.8 Å². The normalized spacial score (nSPS) is 10.8. The summed E-state index contributed by atoms with van der Waals surface area (Å²) in [5.41, 5.74) is 4.99. The number of aromatic nitrogens is 6. The molecule has 3 aromatic heterocycles. The molecule has 0 bridgehead atoms. The number of H-pyrrole nitrogens is 1. The van der Waals surface area contributed by atoms with Crippen LogP contribution in [-0.2, 0) is 0 Å². The van der Waals surface area contributed by atoms with Crippen LogP contribution >= 0.6 is 0 Å². The summed E-state index contributed by atoms with van der Waals surface area (Å²) in [6.07, 6.45) is 3.08. The van der Waals surface area contributed by atoms with Gasteiger partial charge in [-0.3, -0.25) is 0 Å². The molecule has 1 aromatic carbocycles. The second-order valence-corrected chi connectivity index (χ2v) is 5.63. The SMILES string of the molecule is Cc1cc(C)nc(Nc2cccc(Nc3ncnc4nc[nH]c34)c2)n1. The second kappa shape index (κ2) is 6.16. The van der Waals surface area contributed by atoms with Gasteiger partial charge in [0.25, 0.3) is 0 Å². The predicted octanol–water partition coefficient (Wildman–Crippen LogP) is 3.25. The van der Waals surface area contributed by atoms with Gasteiger partial charge in [0, 0.05) is 22.8 Å². The first-order chi connectivity index (χ1) is 12.2. The lowest BCUT2D eigenvalue weighted by Crippen LogP contribution is -2.01. The number of fused-ring (bicyclic) bond motifs is 1. The topological polar surface area (TPSA) is 104 Å². The molecule has 0 saturated heterocycles. The van der Waals surface area contributed by atoms with Crippen molar-refractivity contribution in [3.63, 3.8) is 0 Å². The van der Waals surface area contributed by atoms with Crippen molar-refractivity contribution in [1.29, 1.82) is 0 Å². The van der Waals surface area contributed by atoms with Gasteiger partial charge in [0.1, 0.15) is 11.8 Å². The van der Waals surface area contributed by atoms with Crippen LogP contribution in [0.25, 0.3) is 11.2 Å². The molecule has 0 radical (unpaired) electrons. The van der Waals surface area contributed by atoms with E-state index in [-0.39, 0.29) is 0 Å². The molecule has 0 aliphatic heterocycles. The molecule has 4 rings (SSSR count).